The fraction of sp³-hybridized carbons (Fsp3) is 0.350. The number of benzene rings is 2. The molecule has 1 saturated carbocycles. The highest BCUT2D eigenvalue weighted by molar-refractivity contribution is 5.95. The molecule has 1 aliphatic rings. The number of hydrogen-bond donors (Lipinski definition) is 0. The number of carbonyl (C=O) groups excluding carboxylic acids is 1. The van der Waals surface area contributed by atoms with E-state index in [1.165, 1.54) is 24.0 Å². The molecule has 1 fully saturated rings. The van der Waals surface area contributed by atoms with E-state index in [0.29, 0.717) is 6.54 Å². The van der Waals surface area contributed by atoms with Gasteiger partial charge >= 0.3 is 0 Å². The Morgan fingerprint density at radius 1 is 1.00 bits per heavy atom. The van der Waals surface area contributed by atoms with Crippen molar-refractivity contribution in [2.75, 3.05) is 4.90 Å². The molecule has 22 heavy (non-hydrogen) atoms. The molecule has 114 valence electrons. The Kier molecular flexibility index (Phi) is 4.57. The third-order valence-corrected chi connectivity index (χ3v) is 4.50. The summed E-state index contributed by atoms with van der Waals surface area (Å²) >= 11 is 0. The Balaban J connectivity index is 1.87. The molecule has 1 amide bonds. The van der Waals surface area contributed by atoms with Crippen molar-refractivity contribution in [1.29, 1.82) is 0 Å². The summed E-state index contributed by atoms with van der Waals surface area (Å²) in [6, 6.07) is 18.5. The SMILES string of the molecule is Cc1ccc(N(Cc2ccccc2)C(=O)C2CCCC2)cc1. The quantitative estimate of drug-likeness (QED) is 0.799. The highest BCUT2D eigenvalue weighted by Gasteiger charge is 2.28. The van der Waals surface area contributed by atoms with Crippen molar-refractivity contribution >= 4 is 11.6 Å². The van der Waals surface area contributed by atoms with Gasteiger partial charge in [0, 0.05) is 11.6 Å². The van der Waals surface area contributed by atoms with Gasteiger partial charge in [-0.15, -0.1) is 0 Å². The highest BCUT2D eigenvalue weighted by atomic mass is 16.2. The fourth-order valence-corrected chi connectivity index (χ4v) is 3.18. The van der Waals surface area contributed by atoms with Crippen LogP contribution < -0.4 is 4.90 Å². The number of carbonyl (C=O) groups is 1. The molecular formula is C20H23NO. The van der Waals surface area contributed by atoms with E-state index < -0.39 is 0 Å². The lowest BCUT2D eigenvalue weighted by Gasteiger charge is -2.26. The summed E-state index contributed by atoms with van der Waals surface area (Å²) in [6.07, 6.45) is 4.44. The van der Waals surface area contributed by atoms with Crippen LogP contribution in [0.2, 0.25) is 0 Å². The molecule has 0 unspecified atom stereocenters. The van der Waals surface area contributed by atoms with E-state index in [9.17, 15) is 4.79 Å². The lowest BCUT2D eigenvalue weighted by atomic mass is 10.0. The van der Waals surface area contributed by atoms with E-state index >= 15 is 0 Å². The number of aryl methyl sites for hydroxylation is 1. The maximum absolute atomic E-state index is 13.0. The van der Waals surface area contributed by atoms with Gasteiger partial charge in [0.25, 0.3) is 0 Å². The van der Waals surface area contributed by atoms with Crippen LogP contribution in [-0.4, -0.2) is 5.91 Å². The molecule has 0 spiro atoms. The molecule has 2 aromatic carbocycles. The van der Waals surface area contributed by atoms with Gasteiger partial charge < -0.3 is 4.90 Å². The van der Waals surface area contributed by atoms with Gasteiger partial charge in [-0.2, -0.15) is 0 Å². The normalized spacial score (nSPS) is 15.0. The topological polar surface area (TPSA) is 20.3 Å². The molecule has 2 aromatic rings. The van der Waals surface area contributed by atoms with Gasteiger partial charge in [-0.3, -0.25) is 4.79 Å². The largest absolute Gasteiger partial charge is 0.308 e. The summed E-state index contributed by atoms with van der Waals surface area (Å²) in [6.45, 7) is 2.73. The minimum atomic E-state index is 0.199. The second-order valence-corrected chi connectivity index (χ2v) is 6.23. The fourth-order valence-electron chi connectivity index (χ4n) is 3.18. The summed E-state index contributed by atoms with van der Waals surface area (Å²) in [7, 11) is 0. The molecule has 0 heterocycles. The van der Waals surface area contributed by atoms with Crippen LogP contribution in [-0.2, 0) is 11.3 Å². The Hall–Kier alpha value is -2.09. The Bertz CT molecular complexity index is 612. The molecule has 3 rings (SSSR count). The molecule has 0 radical (unpaired) electrons. The predicted octanol–water partition coefficient (Wildman–Crippen LogP) is 4.72. The Morgan fingerprint density at radius 3 is 2.27 bits per heavy atom. The van der Waals surface area contributed by atoms with E-state index in [2.05, 4.69) is 43.3 Å². The molecule has 2 nitrogen and oxygen atoms in total. The zero-order chi connectivity index (χ0) is 15.4. The number of anilines is 1. The molecule has 2 heteroatoms. The standard InChI is InChI=1S/C20H23NO/c1-16-11-13-19(14-12-16)21(15-17-7-3-2-4-8-17)20(22)18-9-5-6-10-18/h2-4,7-8,11-14,18H,5-6,9-10,15H2,1H3. The van der Waals surface area contributed by atoms with Crippen molar-refractivity contribution in [3.05, 3.63) is 65.7 Å². The number of rotatable bonds is 4. The van der Waals surface area contributed by atoms with Gasteiger partial charge in [0.05, 0.1) is 6.54 Å². The third kappa shape index (κ3) is 3.38. The number of amides is 1. The minimum Gasteiger partial charge on any atom is -0.308 e. The Labute approximate surface area is 132 Å². The van der Waals surface area contributed by atoms with Crippen molar-refractivity contribution in [1.82, 2.24) is 0 Å². The van der Waals surface area contributed by atoms with E-state index in [0.717, 1.165) is 18.5 Å². The smallest absolute Gasteiger partial charge is 0.230 e. The molecular weight excluding hydrogens is 270 g/mol. The van der Waals surface area contributed by atoms with Crippen LogP contribution in [0.15, 0.2) is 54.6 Å². The van der Waals surface area contributed by atoms with Gasteiger partial charge in [-0.05, 0) is 37.5 Å². The average Bonchev–Trinajstić information content (AvgIpc) is 3.08. The number of nitrogens with zero attached hydrogens (tertiary/aromatic N) is 1. The van der Waals surface area contributed by atoms with Crippen LogP contribution >= 0.6 is 0 Å². The zero-order valence-corrected chi connectivity index (χ0v) is 13.2. The predicted molar refractivity (Wildman–Crippen MR) is 90.8 cm³/mol. The van der Waals surface area contributed by atoms with Gasteiger partial charge in [-0.25, -0.2) is 0 Å². The number of hydrogen-bond acceptors (Lipinski definition) is 1. The van der Waals surface area contributed by atoms with Crippen LogP contribution in [0, 0.1) is 12.8 Å². The molecule has 0 N–H and O–H groups in total. The molecule has 0 aliphatic heterocycles. The minimum absolute atomic E-state index is 0.199. The molecule has 1 aliphatic carbocycles. The average molecular weight is 293 g/mol. The summed E-state index contributed by atoms with van der Waals surface area (Å²) in [5.41, 5.74) is 3.40. The second kappa shape index (κ2) is 6.78. The molecule has 0 aromatic heterocycles. The van der Waals surface area contributed by atoms with Crippen LogP contribution in [0.5, 0.6) is 0 Å². The maximum Gasteiger partial charge on any atom is 0.230 e. The summed E-state index contributed by atoms with van der Waals surface area (Å²) in [5, 5.41) is 0. The second-order valence-electron chi connectivity index (χ2n) is 6.23. The van der Waals surface area contributed by atoms with Gasteiger partial charge in [0.1, 0.15) is 0 Å². The lowest BCUT2D eigenvalue weighted by molar-refractivity contribution is -0.122. The maximum atomic E-state index is 13.0. The van der Waals surface area contributed by atoms with E-state index in [1.807, 2.05) is 23.1 Å². The van der Waals surface area contributed by atoms with Crippen molar-refractivity contribution in [3.63, 3.8) is 0 Å². The van der Waals surface area contributed by atoms with Crippen LogP contribution in [0.1, 0.15) is 36.8 Å². The van der Waals surface area contributed by atoms with Crippen LogP contribution in [0.25, 0.3) is 0 Å². The van der Waals surface area contributed by atoms with Crippen LogP contribution in [0.4, 0.5) is 5.69 Å². The first-order valence-corrected chi connectivity index (χ1v) is 8.16. The van der Waals surface area contributed by atoms with E-state index in [4.69, 9.17) is 0 Å². The third-order valence-electron chi connectivity index (χ3n) is 4.50. The highest BCUT2D eigenvalue weighted by Crippen LogP contribution is 2.29. The van der Waals surface area contributed by atoms with Crippen molar-refractivity contribution in [2.24, 2.45) is 5.92 Å². The van der Waals surface area contributed by atoms with Crippen LogP contribution in [0.3, 0.4) is 0 Å². The van der Waals surface area contributed by atoms with E-state index in [1.54, 1.807) is 0 Å². The summed E-state index contributed by atoms with van der Waals surface area (Å²) in [4.78, 5) is 14.9. The van der Waals surface area contributed by atoms with Crippen molar-refractivity contribution in [3.8, 4) is 0 Å². The lowest BCUT2D eigenvalue weighted by Crippen LogP contribution is -2.34. The molecule has 0 atom stereocenters. The Morgan fingerprint density at radius 2 is 1.64 bits per heavy atom. The first kappa shape index (κ1) is 14.8. The first-order valence-electron chi connectivity index (χ1n) is 8.16. The van der Waals surface area contributed by atoms with E-state index in [-0.39, 0.29) is 11.8 Å². The summed E-state index contributed by atoms with van der Waals surface area (Å²) in [5.74, 6) is 0.482. The molecule has 0 saturated heterocycles. The molecule has 0 bridgehead atoms. The first-order chi connectivity index (χ1) is 10.7. The van der Waals surface area contributed by atoms with Crippen molar-refractivity contribution < 1.29 is 4.79 Å². The van der Waals surface area contributed by atoms with Gasteiger partial charge in [-0.1, -0.05) is 60.9 Å². The van der Waals surface area contributed by atoms with Gasteiger partial charge in [0.15, 0.2) is 0 Å². The monoisotopic (exact) mass is 293 g/mol. The zero-order valence-electron chi connectivity index (χ0n) is 13.2. The van der Waals surface area contributed by atoms with Crippen molar-refractivity contribution in [2.45, 2.75) is 39.2 Å². The summed E-state index contributed by atoms with van der Waals surface area (Å²) < 4.78 is 0. The van der Waals surface area contributed by atoms with Gasteiger partial charge in [0.2, 0.25) is 5.91 Å².